The van der Waals surface area contributed by atoms with E-state index in [1.165, 1.54) is 21.4 Å². The molecular formula is C16H19FN2OS. The minimum absolute atomic E-state index is 0.0242. The van der Waals surface area contributed by atoms with E-state index in [0.717, 1.165) is 0 Å². The molecule has 1 unspecified atom stereocenters. The largest absolute Gasteiger partial charge is 0.378 e. The number of carbonyl (C=O) groups excluding carboxylic acids is 1. The average molecular weight is 306 g/mol. The van der Waals surface area contributed by atoms with Crippen LogP contribution in [0.1, 0.15) is 44.2 Å². The molecule has 0 aliphatic rings. The van der Waals surface area contributed by atoms with Crippen LogP contribution in [0.15, 0.2) is 18.2 Å². The fraction of sp³-hybridized carbons (Fsp3) is 0.312. The molecule has 112 valence electrons. The van der Waals surface area contributed by atoms with Gasteiger partial charge in [0.25, 0.3) is 0 Å². The molecule has 5 heteroatoms. The predicted molar refractivity (Wildman–Crippen MR) is 85.5 cm³/mol. The third kappa shape index (κ3) is 3.24. The highest BCUT2D eigenvalue weighted by Gasteiger charge is 2.15. The Balaban J connectivity index is 2.34. The number of anilines is 1. The molecule has 0 saturated carbocycles. The molecule has 0 fully saturated rings. The van der Waals surface area contributed by atoms with Crippen LogP contribution in [0.25, 0.3) is 0 Å². The lowest BCUT2D eigenvalue weighted by molar-refractivity contribution is 0.1000. The Bertz CT molecular complexity index is 694. The third-order valence-electron chi connectivity index (χ3n) is 3.55. The first kappa shape index (κ1) is 15.5. The molecule has 0 aliphatic heterocycles. The molecule has 1 atom stereocenters. The summed E-state index contributed by atoms with van der Waals surface area (Å²) in [6.45, 7) is 7.83. The van der Waals surface area contributed by atoms with Gasteiger partial charge in [-0.2, -0.15) is 0 Å². The molecule has 1 amide bonds. The fourth-order valence-electron chi connectivity index (χ4n) is 2.36. The fourth-order valence-corrected chi connectivity index (χ4v) is 3.38. The Morgan fingerprint density at radius 1 is 1.29 bits per heavy atom. The zero-order valence-corrected chi connectivity index (χ0v) is 13.4. The van der Waals surface area contributed by atoms with E-state index >= 15 is 0 Å². The van der Waals surface area contributed by atoms with Crippen LogP contribution in [0.3, 0.4) is 0 Å². The number of hydrogen-bond donors (Lipinski definition) is 2. The van der Waals surface area contributed by atoms with Crippen molar-refractivity contribution in [3.05, 3.63) is 50.5 Å². The highest BCUT2D eigenvalue weighted by molar-refractivity contribution is 7.12. The van der Waals surface area contributed by atoms with Crippen LogP contribution < -0.4 is 11.1 Å². The minimum Gasteiger partial charge on any atom is -0.378 e. The second kappa shape index (κ2) is 5.85. The molecule has 0 saturated heterocycles. The first-order valence-corrected chi connectivity index (χ1v) is 7.54. The van der Waals surface area contributed by atoms with Crippen molar-refractivity contribution in [1.29, 1.82) is 0 Å². The van der Waals surface area contributed by atoms with Crippen molar-refractivity contribution in [2.75, 3.05) is 5.32 Å². The van der Waals surface area contributed by atoms with Crippen molar-refractivity contribution in [3.63, 3.8) is 0 Å². The van der Waals surface area contributed by atoms with Gasteiger partial charge in [-0.3, -0.25) is 4.79 Å². The van der Waals surface area contributed by atoms with Gasteiger partial charge < -0.3 is 11.1 Å². The standard InChI is InChI=1S/C16H19FN2OS/c1-8-5-13(11(4)21-8)10(3)19-15-7-12(16(18)20)6-14(17)9(15)2/h5-7,10,19H,1-4H3,(H2,18,20). The Kier molecular flexibility index (Phi) is 4.32. The molecule has 2 rings (SSSR count). The summed E-state index contributed by atoms with van der Waals surface area (Å²) in [4.78, 5) is 13.7. The van der Waals surface area contributed by atoms with Gasteiger partial charge in [0.05, 0.1) is 0 Å². The van der Waals surface area contributed by atoms with Crippen molar-refractivity contribution in [3.8, 4) is 0 Å². The molecule has 3 nitrogen and oxygen atoms in total. The predicted octanol–water partition coefficient (Wildman–Crippen LogP) is 4.08. The van der Waals surface area contributed by atoms with E-state index in [9.17, 15) is 9.18 Å². The summed E-state index contributed by atoms with van der Waals surface area (Å²) < 4.78 is 13.9. The maximum absolute atomic E-state index is 13.9. The van der Waals surface area contributed by atoms with E-state index < -0.39 is 11.7 Å². The summed E-state index contributed by atoms with van der Waals surface area (Å²) in [5.74, 6) is -1.06. The molecule has 0 aliphatic carbocycles. The van der Waals surface area contributed by atoms with Crippen LogP contribution in [0.4, 0.5) is 10.1 Å². The zero-order valence-electron chi connectivity index (χ0n) is 12.6. The topological polar surface area (TPSA) is 55.1 Å². The van der Waals surface area contributed by atoms with Crippen LogP contribution in [0.5, 0.6) is 0 Å². The van der Waals surface area contributed by atoms with Crippen molar-refractivity contribution in [1.82, 2.24) is 0 Å². The molecule has 1 heterocycles. The first-order chi connectivity index (χ1) is 9.79. The Morgan fingerprint density at radius 2 is 1.95 bits per heavy atom. The Morgan fingerprint density at radius 3 is 2.48 bits per heavy atom. The number of nitrogens with one attached hydrogen (secondary N) is 1. The molecule has 0 bridgehead atoms. The minimum atomic E-state index is -0.632. The van der Waals surface area contributed by atoms with Gasteiger partial charge in [0.2, 0.25) is 5.91 Å². The number of rotatable bonds is 4. The number of aryl methyl sites for hydroxylation is 2. The number of halogens is 1. The second-order valence-corrected chi connectivity index (χ2v) is 6.69. The normalized spacial score (nSPS) is 12.2. The number of thiophene rings is 1. The number of amides is 1. The highest BCUT2D eigenvalue weighted by atomic mass is 32.1. The summed E-state index contributed by atoms with van der Waals surface area (Å²) >= 11 is 1.74. The molecule has 2 aromatic rings. The number of carbonyl (C=O) groups is 1. The van der Waals surface area contributed by atoms with Gasteiger partial charge in [-0.1, -0.05) is 0 Å². The van der Waals surface area contributed by atoms with Crippen LogP contribution in [-0.4, -0.2) is 5.91 Å². The van der Waals surface area contributed by atoms with Gasteiger partial charge in [0.1, 0.15) is 5.82 Å². The Labute approximate surface area is 128 Å². The van der Waals surface area contributed by atoms with E-state index in [-0.39, 0.29) is 11.6 Å². The van der Waals surface area contributed by atoms with E-state index in [0.29, 0.717) is 11.3 Å². The van der Waals surface area contributed by atoms with Crippen molar-refractivity contribution in [2.24, 2.45) is 5.73 Å². The monoisotopic (exact) mass is 306 g/mol. The molecule has 21 heavy (non-hydrogen) atoms. The SMILES string of the molecule is Cc1cc(C(C)Nc2cc(C(N)=O)cc(F)c2C)c(C)s1. The second-order valence-electron chi connectivity index (χ2n) is 5.23. The molecular weight excluding hydrogens is 287 g/mol. The first-order valence-electron chi connectivity index (χ1n) is 6.73. The maximum atomic E-state index is 13.9. The van der Waals surface area contributed by atoms with E-state index in [2.05, 4.69) is 25.2 Å². The lowest BCUT2D eigenvalue weighted by atomic mass is 10.1. The lowest BCUT2D eigenvalue weighted by Gasteiger charge is -2.18. The van der Waals surface area contributed by atoms with Crippen LogP contribution in [-0.2, 0) is 0 Å². The number of benzene rings is 1. The number of hydrogen-bond acceptors (Lipinski definition) is 3. The summed E-state index contributed by atoms with van der Waals surface area (Å²) in [5, 5.41) is 3.28. The van der Waals surface area contributed by atoms with E-state index in [1.807, 2.05) is 6.92 Å². The van der Waals surface area contributed by atoms with Crippen molar-refractivity contribution >= 4 is 22.9 Å². The molecule has 3 N–H and O–H groups in total. The van der Waals surface area contributed by atoms with Crippen LogP contribution in [0.2, 0.25) is 0 Å². The van der Waals surface area contributed by atoms with Gasteiger partial charge in [-0.25, -0.2) is 4.39 Å². The molecule has 0 spiro atoms. The highest BCUT2D eigenvalue weighted by Crippen LogP contribution is 2.30. The third-order valence-corrected chi connectivity index (χ3v) is 4.53. The van der Waals surface area contributed by atoms with Crippen LogP contribution in [0, 0.1) is 26.6 Å². The van der Waals surface area contributed by atoms with Gasteiger partial charge in [0, 0.05) is 32.6 Å². The van der Waals surface area contributed by atoms with Crippen molar-refractivity contribution < 1.29 is 9.18 Å². The van der Waals surface area contributed by atoms with Crippen LogP contribution >= 0.6 is 11.3 Å². The smallest absolute Gasteiger partial charge is 0.248 e. The van der Waals surface area contributed by atoms with Gasteiger partial charge >= 0.3 is 0 Å². The number of nitrogens with two attached hydrogens (primary N) is 1. The molecule has 0 radical (unpaired) electrons. The summed E-state index contributed by atoms with van der Waals surface area (Å²) in [5.41, 5.74) is 7.67. The van der Waals surface area contributed by atoms with Gasteiger partial charge in [-0.15, -0.1) is 11.3 Å². The van der Waals surface area contributed by atoms with Gasteiger partial charge in [-0.05, 0) is 51.5 Å². The summed E-state index contributed by atoms with van der Waals surface area (Å²) in [6, 6.07) is 4.93. The zero-order chi connectivity index (χ0) is 15.7. The lowest BCUT2D eigenvalue weighted by Crippen LogP contribution is -2.14. The Hall–Kier alpha value is -1.88. The summed E-state index contributed by atoms with van der Waals surface area (Å²) in [7, 11) is 0. The quantitative estimate of drug-likeness (QED) is 0.894. The molecule has 1 aromatic carbocycles. The maximum Gasteiger partial charge on any atom is 0.248 e. The van der Waals surface area contributed by atoms with Gasteiger partial charge in [0.15, 0.2) is 0 Å². The molecule has 1 aromatic heterocycles. The van der Waals surface area contributed by atoms with Crippen molar-refractivity contribution in [2.45, 2.75) is 33.7 Å². The summed E-state index contributed by atoms with van der Waals surface area (Å²) in [6.07, 6.45) is 0. The van der Waals surface area contributed by atoms with E-state index in [4.69, 9.17) is 5.73 Å². The van der Waals surface area contributed by atoms with E-state index in [1.54, 1.807) is 24.3 Å². The number of primary amides is 1. The average Bonchev–Trinajstić information content (AvgIpc) is 2.73.